The molecule has 4 nitrogen and oxygen atoms in total. The predicted molar refractivity (Wildman–Crippen MR) is 71.1 cm³/mol. The standard InChI is InChI=1S/C13H9BrF3NO3/c14-10-5-9(1-2-11(10)21-13(15,16)17)20-12-6-18-4-3-8(12)7-19/h1-6,19H,7H2. The summed E-state index contributed by atoms with van der Waals surface area (Å²) in [6.07, 6.45) is -1.87. The number of rotatable bonds is 4. The van der Waals surface area contributed by atoms with Crippen LogP contribution in [0.25, 0.3) is 0 Å². The van der Waals surface area contributed by atoms with Crippen LogP contribution in [0.15, 0.2) is 41.1 Å². The Kier molecular flexibility index (Phi) is 4.69. The molecule has 0 bridgehead atoms. The van der Waals surface area contributed by atoms with E-state index in [0.717, 1.165) is 6.07 Å². The Morgan fingerprint density at radius 2 is 1.95 bits per heavy atom. The van der Waals surface area contributed by atoms with Gasteiger partial charge in [0.05, 0.1) is 17.3 Å². The summed E-state index contributed by atoms with van der Waals surface area (Å²) in [4.78, 5) is 3.86. The Bertz CT molecular complexity index is 634. The van der Waals surface area contributed by atoms with Crippen molar-refractivity contribution in [1.82, 2.24) is 4.98 Å². The molecule has 0 saturated carbocycles. The molecule has 0 aliphatic rings. The zero-order valence-electron chi connectivity index (χ0n) is 10.4. The van der Waals surface area contributed by atoms with Gasteiger partial charge in [-0.15, -0.1) is 13.2 Å². The molecule has 0 spiro atoms. The van der Waals surface area contributed by atoms with Crippen molar-refractivity contribution >= 4 is 15.9 Å². The summed E-state index contributed by atoms with van der Waals surface area (Å²) in [5, 5.41) is 9.16. The van der Waals surface area contributed by atoms with Gasteiger partial charge in [-0.1, -0.05) is 0 Å². The lowest BCUT2D eigenvalue weighted by atomic mass is 10.2. The molecule has 0 aliphatic heterocycles. The smallest absolute Gasteiger partial charge is 0.455 e. The molecule has 1 aromatic heterocycles. The van der Waals surface area contributed by atoms with Gasteiger partial charge in [-0.2, -0.15) is 0 Å². The van der Waals surface area contributed by atoms with Gasteiger partial charge in [0.15, 0.2) is 5.75 Å². The third-order valence-electron chi connectivity index (χ3n) is 2.40. The lowest BCUT2D eigenvalue weighted by Crippen LogP contribution is -2.17. The maximum absolute atomic E-state index is 12.2. The molecule has 112 valence electrons. The summed E-state index contributed by atoms with van der Waals surface area (Å²) in [5.41, 5.74) is 0.511. The lowest BCUT2D eigenvalue weighted by Gasteiger charge is -2.13. The summed E-state index contributed by atoms with van der Waals surface area (Å²) in [6.45, 7) is -0.242. The van der Waals surface area contributed by atoms with Crippen LogP contribution >= 0.6 is 15.9 Å². The van der Waals surface area contributed by atoms with Gasteiger partial charge < -0.3 is 14.6 Å². The first-order chi connectivity index (χ1) is 9.89. The first-order valence-corrected chi connectivity index (χ1v) is 6.45. The highest BCUT2D eigenvalue weighted by Crippen LogP contribution is 2.35. The highest BCUT2D eigenvalue weighted by Gasteiger charge is 2.32. The molecule has 1 heterocycles. The summed E-state index contributed by atoms with van der Waals surface area (Å²) in [6, 6.07) is 5.35. The maximum atomic E-state index is 12.2. The Hall–Kier alpha value is -1.80. The lowest BCUT2D eigenvalue weighted by molar-refractivity contribution is -0.274. The summed E-state index contributed by atoms with van der Waals surface area (Å²) in [7, 11) is 0. The van der Waals surface area contributed by atoms with Crippen molar-refractivity contribution in [2.24, 2.45) is 0 Å². The minimum atomic E-state index is -4.77. The molecule has 0 radical (unpaired) electrons. The van der Waals surface area contributed by atoms with Gasteiger partial charge in [-0.25, -0.2) is 0 Å². The second-order valence-corrected chi connectivity index (χ2v) is 4.74. The second-order valence-electron chi connectivity index (χ2n) is 3.88. The fourth-order valence-electron chi connectivity index (χ4n) is 1.51. The van der Waals surface area contributed by atoms with E-state index >= 15 is 0 Å². The van der Waals surface area contributed by atoms with Gasteiger partial charge >= 0.3 is 6.36 Å². The molecular formula is C13H9BrF3NO3. The van der Waals surface area contributed by atoms with Crippen molar-refractivity contribution in [3.8, 4) is 17.2 Å². The Morgan fingerprint density at radius 1 is 1.19 bits per heavy atom. The van der Waals surface area contributed by atoms with E-state index in [1.807, 2.05) is 0 Å². The van der Waals surface area contributed by atoms with Crippen LogP contribution in [0.2, 0.25) is 0 Å². The van der Waals surface area contributed by atoms with E-state index < -0.39 is 6.36 Å². The van der Waals surface area contributed by atoms with E-state index in [0.29, 0.717) is 11.3 Å². The van der Waals surface area contributed by atoms with Crippen LogP contribution in [0.1, 0.15) is 5.56 Å². The number of benzene rings is 1. The molecule has 21 heavy (non-hydrogen) atoms. The van der Waals surface area contributed by atoms with E-state index in [1.165, 1.54) is 24.5 Å². The third-order valence-corrected chi connectivity index (χ3v) is 3.02. The van der Waals surface area contributed by atoms with Gasteiger partial charge in [0, 0.05) is 11.8 Å². The quantitative estimate of drug-likeness (QED) is 0.890. The van der Waals surface area contributed by atoms with Gasteiger partial charge in [0.2, 0.25) is 0 Å². The monoisotopic (exact) mass is 363 g/mol. The first kappa shape index (κ1) is 15.6. The van der Waals surface area contributed by atoms with Gasteiger partial charge in [0.25, 0.3) is 0 Å². The van der Waals surface area contributed by atoms with Crippen molar-refractivity contribution in [3.63, 3.8) is 0 Å². The summed E-state index contributed by atoms with van der Waals surface area (Å²) < 4.78 is 45.9. The van der Waals surface area contributed by atoms with Crippen LogP contribution in [0.3, 0.4) is 0 Å². The highest BCUT2D eigenvalue weighted by molar-refractivity contribution is 9.10. The average molecular weight is 364 g/mol. The number of hydrogen-bond acceptors (Lipinski definition) is 4. The fourth-order valence-corrected chi connectivity index (χ4v) is 1.95. The van der Waals surface area contributed by atoms with Crippen molar-refractivity contribution in [1.29, 1.82) is 0 Å². The molecule has 8 heteroatoms. The number of hydrogen-bond donors (Lipinski definition) is 1. The average Bonchev–Trinajstić information content (AvgIpc) is 2.41. The first-order valence-electron chi connectivity index (χ1n) is 5.66. The molecule has 1 N–H and O–H groups in total. The summed E-state index contributed by atoms with van der Waals surface area (Å²) >= 11 is 2.98. The number of aliphatic hydroxyl groups excluding tert-OH is 1. The molecule has 0 unspecified atom stereocenters. The number of aromatic nitrogens is 1. The Labute approximate surface area is 126 Å². The Morgan fingerprint density at radius 3 is 2.57 bits per heavy atom. The molecule has 2 aromatic rings. The van der Waals surface area contributed by atoms with Crippen molar-refractivity contribution in [2.45, 2.75) is 13.0 Å². The number of halogens is 4. The van der Waals surface area contributed by atoms with Gasteiger partial charge in [0.1, 0.15) is 11.5 Å². The van der Waals surface area contributed by atoms with Crippen molar-refractivity contribution in [3.05, 3.63) is 46.7 Å². The second kappa shape index (κ2) is 6.31. The molecule has 0 amide bonds. The number of ether oxygens (including phenoxy) is 2. The number of pyridine rings is 1. The van der Waals surface area contributed by atoms with Crippen LogP contribution in [-0.4, -0.2) is 16.5 Å². The number of alkyl halides is 3. The minimum absolute atomic E-state index is 0.0896. The molecular weight excluding hydrogens is 355 g/mol. The molecule has 0 fully saturated rings. The van der Waals surface area contributed by atoms with Crippen molar-refractivity contribution < 1.29 is 27.8 Å². The highest BCUT2D eigenvalue weighted by atomic mass is 79.9. The number of aliphatic hydroxyl groups is 1. The van der Waals surface area contributed by atoms with E-state index in [4.69, 9.17) is 9.84 Å². The normalized spacial score (nSPS) is 11.3. The third kappa shape index (κ3) is 4.33. The molecule has 2 rings (SSSR count). The maximum Gasteiger partial charge on any atom is 0.573 e. The number of nitrogens with zero attached hydrogens (tertiary/aromatic N) is 1. The zero-order chi connectivity index (χ0) is 15.5. The largest absolute Gasteiger partial charge is 0.573 e. The van der Waals surface area contributed by atoms with Crippen LogP contribution in [0.4, 0.5) is 13.2 Å². The minimum Gasteiger partial charge on any atom is -0.455 e. The molecule has 0 aliphatic carbocycles. The van der Waals surface area contributed by atoms with E-state index in [-0.39, 0.29) is 22.6 Å². The van der Waals surface area contributed by atoms with Gasteiger partial charge in [-0.05, 0) is 40.2 Å². The topological polar surface area (TPSA) is 51.6 Å². The van der Waals surface area contributed by atoms with E-state index in [1.54, 1.807) is 6.07 Å². The van der Waals surface area contributed by atoms with E-state index in [2.05, 4.69) is 25.7 Å². The SMILES string of the molecule is OCc1ccncc1Oc1ccc(OC(F)(F)F)c(Br)c1. The van der Waals surface area contributed by atoms with Crippen LogP contribution in [0, 0.1) is 0 Å². The fraction of sp³-hybridized carbons (Fsp3) is 0.154. The van der Waals surface area contributed by atoms with Gasteiger partial charge in [-0.3, -0.25) is 4.98 Å². The molecule has 0 atom stereocenters. The van der Waals surface area contributed by atoms with Crippen LogP contribution in [0.5, 0.6) is 17.2 Å². The molecule has 1 aromatic carbocycles. The van der Waals surface area contributed by atoms with Crippen LogP contribution < -0.4 is 9.47 Å². The molecule has 0 saturated heterocycles. The van der Waals surface area contributed by atoms with E-state index in [9.17, 15) is 13.2 Å². The predicted octanol–water partition coefficient (Wildman–Crippen LogP) is 4.03. The Balaban J connectivity index is 2.21. The summed E-state index contributed by atoms with van der Waals surface area (Å²) in [5.74, 6) is 0.221. The van der Waals surface area contributed by atoms with Crippen molar-refractivity contribution in [2.75, 3.05) is 0 Å². The zero-order valence-corrected chi connectivity index (χ0v) is 12.0. The van der Waals surface area contributed by atoms with Crippen LogP contribution in [-0.2, 0) is 6.61 Å².